The Hall–Kier alpha value is -1.01. The maximum atomic E-state index is 10.4. The highest BCUT2D eigenvalue weighted by atomic mass is 16.4. The summed E-state index contributed by atoms with van der Waals surface area (Å²) < 4.78 is 0. The van der Waals surface area contributed by atoms with E-state index < -0.39 is 5.97 Å². The van der Waals surface area contributed by atoms with E-state index in [1.807, 2.05) is 0 Å². The molecular weight excluding hydrogens is 178 g/mol. The van der Waals surface area contributed by atoms with Crippen LogP contribution in [0.4, 0.5) is 0 Å². The van der Waals surface area contributed by atoms with Crippen LogP contribution >= 0.6 is 0 Å². The van der Waals surface area contributed by atoms with Crippen molar-refractivity contribution in [2.45, 2.75) is 25.7 Å². The van der Waals surface area contributed by atoms with E-state index >= 15 is 0 Å². The molecule has 0 spiro atoms. The molecular formula is C11H17NO2. The highest BCUT2D eigenvalue weighted by molar-refractivity contribution is 5.66. The number of terminal acetylenes is 1. The second kappa shape index (κ2) is 5.66. The molecule has 14 heavy (non-hydrogen) atoms. The number of rotatable bonds is 4. The molecule has 1 saturated heterocycles. The van der Waals surface area contributed by atoms with Crippen molar-refractivity contribution < 1.29 is 9.90 Å². The standard InChI is InChI=1S/C11H17NO2/c1-2-7-12-8-3-4-10(9-12)5-6-11(13)14/h1,10H,3-9H2,(H,13,14). The number of likely N-dealkylation sites (tertiary alicyclic amines) is 1. The van der Waals surface area contributed by atoms with Gasteiger partial charge in [-0.1, -0.05) is 5.92 Å². The summed E-state index contributed by atoms with van der Waals surface area (Å²) >= 11 is 0. The third-order valence-corrected chi connectivity index (χ3v) is 2.68. The summed E-state index contributed by atoms with van der Waals surface area (Å²) in [6, 6.07) is 0. The van der Waals surface area contributed by atoms with Gasteiger partial charge in [0, 0.05) is 13.0 Å². The molecule has 1 rings (SSSR count). The molecule has 3 nitrogen and oxygen atoms in total. The van der Waals surface area contributed by atoms with Gasteiger partial charge in [-0.05, 0) is 31.7 Å². The Morgan fingerprint density at radius 2 is 2.43 bits per heavy atom. The predicted octanol–water partition coefficient (Wildman–Crippen LogP) is 1.20. The minimum absolute atomic E-state index is 0.286. The zero-order chi connectivity index (χ0) is 10.4. The molecule has 0 aromatic rings. The normalized spacial score (nSPS) is 22.9. The van der Waals surface area contributed by atoms with E-state index in [1.54, 1.807) is 0 Å². The summed E-state index contributed by atoms with van der Waals surface area (Å²) in [5.74, 6) is 2.46. The summed E-state index contributed by atoms with van der Waals surface area (Å²) in [6.45, 7) is 2.73. The highest BCUT2D eigenvalue weighted by Gasteiger charge is 2.19. The molecule has 0 saturated carbocycles. The summed E-state index contributed by atoms with van der Waals surface area (Å²) in [6.07, 6.45) is 8.61. The van der Waals surface area contributed by atoms with Crippen LogP contribution < -0.4 is 0 Å². The van der Waals surface area contributed by atoms with Crippen molar-refractivity contribution in [3.8, 4) is 12.3 Å². The molecule has 1 aliphatic rings. The number of hydrogen-bond acceptors (Lipinski definition) is 2. The zero-order valence-electron chi connectivity index (χ0n) is 8.41. The van der Waals surface area contributed by atoms with Crippen LogP contribution in [0.15, 0.2) is 0 Å². The SMILES string of the molecule is C#CCN1CCCC(CCC(=O)O)C1. The minimum atomic E-state index is -0.695. The molecule has 1 N–H and O–H groups in total. The van der Waals surface area contributed by atoms with Crippen LogP contribution in [0.25, 0.3) is 0 Å². The second-order valence-corrected chi connectivity index (χ2v) is 3.88. The quantitative estimate of drug-likeness (QED) is 0.685. The number of carboxylic acids is 1. The Bertz CT molecular complexity index is 232. The largest absolute Gasteiger partial charge is 0.481 e. The topological polar surface area (TPSA) is 40.5 Å². The molecule has 1 fully saturated rings. The monoisotopic (exact) mass is 195 g/mol. The molecule has 0 aliphatic carbocycles. The van der Waals surface area contributed by atoms with Crippen molar-refractivity contribution in [2.24, 2.45) is 5.92 Å². The second-order valence-electron chi connectivity index (χ2n) is 3.88. The molecule has 1 aliphatic heterocycles. The van der Waals surface area contributed by atoms with Crippen LogP contribution in [0.3, 0.4) is 0 Å². The van der Waals surface area contributed by atoms with E-state index in [0.717, 1.165) is 32.4 Å². The third kappa shape index (κ3) is 3.80. The number of hydrogen-bond donors (Lipinski definition) is 1. The van der Waals surface area contributed by atoms with E-state index in [-0.39, 0.29) is 6.42 Å². The van der Waals surface area contributed by atoms with E-state index in [4.69, 9.17) is 11.5 Å². The predicted molar refractivity (Wildman–Crippen MR) is 54.9 cm³/mol. The smallest absolute Gasteiger partial charge is 0.303 e. The molecule has 3 heteroatoms. The molecule has 78 valence electrons. The van der Waals surface area contributed by atoms with Gasteiger partial charge < -0.3 is 5.11 Å². The Labute approximate surface area is 85.1 Å². The van der Waals surface area contributed by atoms with E-state index in [2.05, 4.69) is 10.8 Å². The molecule has 0 amide bonds. The number of aliphatic carboxylic acids is 1. The molecule has 0 bridgehead atoms. The summed E-state index contributed by atoms with van der Waals surface area (Å²) in [7, 11) is 0. The van der Waals surface area contributed by atoms with Gasteiger partial charge in [-0.2, -0.15) is 0 Å². The maximum absolute atomic E-state index is 10.4. The number of piperidine rings is 1. The molecule has 1 atom stereocenters. The van der Waals surface area contributed by atoms with Gasteiger partial charge in [0.1, 0.15) is 0 Å². The lowest BCUT2D eigenvalue weighted by Gasteiger charge is -2.31. The lowest BCUT2D eigenvalue weighted by Crippen LogP contribution is -2.35. The van der Waals surface area contributed by atoms with Crippen molar-refractivity contribution in [1.29, 1.82) is 0 Å². The molecule has 0 aromatic carbocycles. The van der Waals surface area contributed by atoms with Gasteiger partial charge in [0.15, 0.2) is 0 Å². The fraction of sp³-hybridized carbons (Fsp3) is 0.727. The first-order valence-corrected chi connectivity index (χ1v) is 5.10. The fourth-order valence-corrected chi connectivity index (χ4v) is 1.99. The first-order chi connectivity index (χ1) is 6.72. The van der Waals surface area contributed by atoms with E-state index in [1.165, 1.54) is 0 Å². The maximum Gasteiger partial charge on any atom is 0.303 e. The van der Waals surface area contributed by atoms with E-state index in [0.29, 0.717) is 12.5 Å². The summed E-state index contributed by atoms with van der Waals surface area (Å²) in [5.41, 5.74) is 0. The van der Waals surface area contributed by atoms with Gasteiger partial charge in [0.2, 0.25) is 0 Å². The van der Waals surface area contributed by atoms with Gasteiger partial charge in [0.05, 0.1) is 6.54 Å². The molecule has 1 unspecified atom stereocenters. The van der Waals surface area contributed by atoms with Crippen LogP contribution in [0.1, 0.15) is 25.7 Å². The van der Waals surface area contributed by atoms with Gasteiger partial charge in [-0.3, -0.25) is 9.69 Å². The van der Waals surface area contributed by atoms with Crippen molar-refractivity contribution in [3.05, 3.63) is 0 Å². The summed E-state index contributed by atoms with van der Waals surface area (Å²) in [4.78, 5) is 12.6. The number of carboxylic acid groups (broad SMARTS) is 1. The lowest BCUT2D eigenvalue weighted by molar-refractivity contribution is -0.137. The zero-order valence-corrected chi connectivity index (χ0v) is 8.41. The van der Waals surface area contributed by atoms with Gasteiger partial charge in [0.25, 0.3) is 0 Å². The van der Waals surface area contributed by atoms with Crippen LogP contribution in [-0.4, -0.2) is 35.6 Å². The van der Waals surface area contributed by atoms with Crippen molar-refractivity contribution >= 4 is 5.97 Å². The van der Waals surface area contributed by atoms with Crippen molar-refractivity contribution in [2.75, 3.05) is 19.6 Å². The Morgan fingerprint density at radius 1 is 1.64 bits per heavy atom. The van der Waals surface area contributed by atoms with Crippen LogP contribution in [0, 0.1) is 18.3 Å². The van der Waals surface area contributed by atoms with Crippen molar-refractivity contribution in [3.63, 3.8) is 0 Å². The number of nitrogens with zero attached hydrogens (tertiary/aromatic N) is 1. The lowest BCUT2D eigenvalue weighted by atomic mass is 9.93. The Kier molecular flexibility index (Phi) is 4.48. The van der Waals surface area contributed by atoms with Gasteiger partial charge in [-0.25, -0.2) is 0 Å². The third-order valence-electron chi connectivity index (χ3n) is 2.68. The first kappa shape index (κ1) is 11.1. The van der Waals surface area contributed by atoms with Crippen LogP contribution in [-0.2, 0) is 4.79 Å². The first-order valence-electron chi connectivity index (χ1n) is 5.10. The van der Waals surface area contributed by atoms with Gasteiger partial charge >= 0.3 is 5.97 Å². The van der Waals surface area contributed by atoms with Crippen LogP contribution in [0.5, 0.6) is 0 Å². The Morgan fingerprint density at radius 3 is 3.07 bits per heavy atom. The summed E-state index contributed by atoms with van der Waals surface area (Å²) in [5, 5.41) is 8.57. The van der Waals surface area contributed by atoms with E-state index in [9.17, 15) is 4.79 Å². The molecule has 1 heterocycles. The number of carbonyl (C=O) groups is 1. The average molecular weight is 195 g/mol. The highest BCUT2D eigenvalue weighted by Crippen LogP contribution is 2.20. The molecule has 0 radical (unpaired) electrons. The Balaban J connectivity index is 2.26. The minimum Gasteiger partial charge on any atom is -0.481 e. The van der Waals surface area contributed by atoms with Gasteiger partial charge in [-0.15, -0.1) is 6.42 Å². The fourth-order valence-electron chi connectivity index (χ4n) is 1.99. The van der Waals surface area contributed by atoms with Crippen LogP contribution in [0.2, 0.25) is 0 Å². The molecule has 0 aromatic heterocycles. The average Bonchev–Trinajstić information content (AvgIpc) is 2.16. The van der Waals surface area contributed by atoms with Crippen molar-refractivity contribution in [1.82, 2.24) is 4.90 Å².